The Hall–Kier alpha value is -2.21. The summed E-state index contributed by atoms with van der Waals surface area (Å²) in [6.45, 7) is 13.4. The zero-order chi connectivity index (χ0) is 22.7. The molecule has 0 aliphatic heterocycles. The number of pyridine rings is 1. The highest BCUT2D eigenvalue weighted by Gasteiger charge is 2.09. The number of hydrogen-bond donors (Lipinski definition) is 3. The first kappa shape index (κ1) is 29.0. The molecule has 1 heterocycles. The third-order valence-electron chi connectivity index (χ3n) is 3.77. The second-order valence-corrected chi connectivity index (χ2v) is 6.28. The number of nitrogens with zero attached hydrogens (tertiary/aromatic N) is 3. The van der Waals surface area contributed by atoms with E-state index < -0.39 is 0 Å². The van der Waals surface area contributed by atoms with Gasteiger partial charge in [0.05, 0.1) is 11.3 Å². The van der Waals surface area contributed by atoms with Gasteiger partial charge in [-0.2, -0.15) is 0 Å². The van der Waals surface area contributed by atoms with Crippen LogP contribution >= 0.6 is 9.03 Å². The molecule has 0 aromatic carbocycles. The highest BCUT2D eigenvalue weighted by molar-refractivity contribution is 7.00. The Bertz CT molecular complexity index is 607. The number of nitrogens with one attached hydrogen (secondary N) is 3. The first-order chi connectivity index (χ1) is 14.0. The molecule has 1 rings (SSSR count). The first-order valence-electron chi connectivity index (χ1n) is 10.3. The van der Waals surface area contributed by atoms with Gasteiger partial charge in [-0.05, 0) is 31.4 Å². The topological polar surface area (TPSA) is 110 Å². The zero-order valence-electron chi connectivity index (χ0n) is 18.7. The van der Waals surface area contributed by atoms with Crippen LogP contribution in [0.2, 0.25) is 0 Å². The normalized spacial score (nSPS) is 10.3. The monoisotopic (exact) mass is 425 g/mol. The molecular weight excluding hydrogens is 387 g/mol. The molecule has 1 aromatic heterocycles. The molecule has 3 N–H and O–H groups in total. The largest absolute Gasteiger partial charge is 0.356 e. The van der Waals surface area contributed by atoms with Crippen LogP contribution in [0.3, 0.4) is 0 Å². The van der Waals surface area contributed by atoms with E-state index in [9.17, 15) is 9.59 Å². The van der Waals surface area contributed by atoms with Crippen LogP contribution in [-0.2, 0) is 11.3 Å². The van der Waals surface area contributed by atoms with Crippen LogP contribution < -0.4 is 10.6 Å². The van der Waals surface area contributed by atoms with Crippen molar-refractivity contribution in [2.45, 2.75) is 67.3 Å². The maximum Gasteiger partial charge on any atom is 0.252 e. The summed E-state index contributed by atoms with van der Waals surface area (Å²) in [7, 11) is 3.12. The van der Waals surface area contributed by atoms with Gasteiger partial charge in [0.2, 0.25) is 5.91 Å². The van der Waals surface area contributed by atoms with E-state index in [1.807, 2.05) is 41.5 Å². The Morgan fingerprint density at radius 3 is 2.24 bits per heavy atom. The summed E-state index contributed by atoms with van der Waals surface area (Å²) in [5, 5.41) is 8.90. The number of aromatic nitrogens is 1. The first-order valence-corrected chi connectivity index (χ1v) is 10.8. The van der Waals surface area contributed by atoms with Gasteiger partial charge >= 0.3 is 0 Å². The van der Waals surface area contributed by atoms with Crippen molar-refractivity contribution in [3.05, 3.63) is 29.6 Å². The molecule has 0 saturated heterocycles. The molecule has 1 unspecified atom stereocenters. The second-order valence-electron chi connectivity index (χ2n) is 5.76. The van der Waals surface area contributed by atoms with E-state index >= 15 is 0 Å². The maximum absolute atomic E-state index is 12.0. The smallest absolute Gasteiger partial charge is 0.252 e. The van der Waals surface area contributed by atoms with E-state index in [1.54, 1.807) is 12.1 Å². The number of hydrogen-bond acceptors (Lipinski definition) is 4. The molecule has 1 atom stereocenters. The zero-order valence-corrected chi connectivity index (χ0v) is 19.7. The number of amides is 2. The van der Waals surface area contributed by atoms with Gasteiger partial charge in [-0.25, -0.2) is 0 Å². The van der Waals surface area contributed by atoms with Crippen LogP contribution in [0, 0.1) is 11.4 Å². The van der Waals surface area contributed by atoms with Gasteiger partial charge in [0.15, 0.2) is 6.54 Å². The van der Waals surface area contributed by atoms with Crippen molar-refractivity contribution in [2.24, 2.45) is 11.1 Å². The molecule has 8 nitrogen and oxygen atoms in total. The number of rotatable bonds is 11. The van der Waals surface area contributed by atoms with Crippen molar-refractivity contribution in [3.63, 3.8) is 0 Å². The maximum atomic E-state index is 12.0. The van der Waals surface area contributed by atoms with E-state index in [1.165, 1.54) is 10.6 Å². The summed E-state index contributed by atoms with van der Waals surface area (Å²) in [6.07, 6.45) is 3.94. The molecule has 164 valence electrons. The molecule has 2 amide bonds. The molecule has 0 bridgehead atoms. The fourth-order valence-corrected chi connectivity index (χ4v) is 2.13. The van der Waals surface area contributed by atoms with Crippen molar-refractivity contribution in [1.82, 2.24) is 15.6 Å². The SMILES string of the molecule is CC.CC.CCC(C)C(=O)NCCCCNC(=O)c1ccc(C[N+](=P)N=N)nc1. The van der Waals surface area contributed by atoms with Crippen molar-refractivity contribution in [2.75, 3.05) is 13.1 Å². The summed E-state index contributed by atoms with van der Waals surface area (Å²) in [5.74, 6) is -0.0533. The highest BCUT2D eigenvalue weighted by atomic mass is 31.0. The minimum atomic E-state index is -0.178. The standard InChI is InChI=1S/C16H25N6O2P.2C2H6/c1-3-12(2)15(23)18-8-4-5-9-19-16(24)13-6-7-14(20-10-13)11-22(25)21-17;2*1-2/h6-7,10,12,17,25H,3-5,8-9,11H2,1-2H3,(H-,18,19,23,24);2*1-2H3/p+1. The fraction of sp³-hybridized carbons (Fsp3) is 0.650. The van der Waals surface area contributed by atoms with Crippen LogP contribution in [0.5, 0.6) is 0 Å². The lowest BCUT2D eigenvalue weighted by molar-refractivity contribution is -0.535. The van der Waals surface area contributed by atoms with Crippen LogP contribution in [0.15, 0.2) is 23.6 Å². The lowest BCUT2D eigenvalue weighted by atomic mass is 10.1. The van der Waals surface area contributed by atoms with E-state index in [-0.39, 0.29) is 17.7 Å². The van der Waals surface area contributed by atoms with Crippen molar-refractivity contribution in [1.29, 1.82) is 5.53 Å². The van der Waals surface area contributed by atoms with Gasteiger partial charge in [0, 0.05) is 30.7 Å². The molecular formula is C20H38N6O2P+. The molecule has 0 aliphatic rings. The van der Waals surface area contributed by atoms with Gasteiger partial charge in [-0.1, -0.05) is 41.5 Å². The van der Waals surface area contributed by atoms with Crippen LogP contribution in [0.25, 0.3) is 0 Å². The third kappa shape index (κ3) is 13.6. The Morgan fingerprint density at radius 2 is 1.76 bits per heavy atom. The molecule has 9 heteroatoms. The van der Waals surface area contributed by atoms with Gasteiger partial charge in [0.1, 0.15) is 14.3 Å². The molecule has 0 saturated carbocycles. The average Bonchev–Trinajstić information content (AvgIpc) is 2.78. The Morgan fingerprint density at radius 1 is 1.17 bits per heavy atom. The van der Waals surface area contributed by atoms with Crippen LogP contribution in [0.4, 0.5) is 0 Å². The average molecular weight is 426 g/mol. The van der Waals surface area contributed by atoms with Crippen molar-refractivity contribution < 1.29 is 14.0 Å². The summed E-state index contributed by atoms with van der Waals surface area (Å²) < 4.78 is 1.25. The number of unbranched alkanes of at least 4 members (excludes halogenated alkanes) is 1. The summed E-state index contributed by atoms with van der Waals surface area (Å²) in [4.78, 5) is 27.8. The highest BCUT2D eigenvalue weighted by Crippen LogP contribution is 2.03. The van der Waals surface area contributed by atoms with Crippen LogP contribution in [-0.4, -0.2) is 34.3 Å². The van der Waals surface area contributed by atoms with E-state index in [2.05, 4.69) is 29.9 Å². The third-order valence-corrected chi connectivity index (χ3v) is 4.03. The van der Waals surface area contributed by atoms with Gasteiger partial charge in [-0.15, -0.1) is 4.44 Å². The molecule has 0 radical (unpaired) electrons. The summed E-state index contributed by atoms with van der Waals surface area (Å²) in [6, 6.07) is 3.41. The quantitative estimate of drug-likeness (QED) is 0.209. The van der Waals surface area contributed by atoms with Crippen molar-refractivity contribution in [3.8, 4) is 0 Å². The molecule has 0 fully saturated rings. The van der Waals surface area contributed by atoms with E-state index in [0.717, 1.165) is 19.3 Å². The Balaban J connectivity index is 0. The lowest BCUT2D eigenvalue weighted by Crippen LogP contribution is -2.30. The van der Waals surface area contributed by atoms with Gasteiger partial charge in [-0.3, -0.25) is 14.6 Å². The minimum absolute atomic E-state index is 0.0430. The van der Waals surface area contributed by atoms with Gasteiger partial charge < -0.3 is 10.6 Å². The Labute approximate surface area is 177 Å². The number of carbonyl (C=O) groups is 2. The predicted octanol–water partition coefficient (Wildman–Crippen LogP) is 4.59. The second kappa shape index (κ2) is 19.1. The summed E-state index contributed by atoms with van der Waals surface area (Å²) >= 11 is 0. The van der Waals surface area contributed by atoms with Crippen LogP contribution in [0.1, 0.15) is 76.9 Å². The summed E-state index contributed by atoms with van der Waals surface area (Å²) in [5.41, 5.74) is 8.01. The molecule has 29 heavy (non-hydrogen) atoms. The predicted molar refractivity (Wildman–Crippen MR) is 118 cm³/mol. The molecule has 1 aromatic rings. The van der Waals surface area contributed by atoms with Gasteiger partial charge in [0.25, 0.3) is 5.91 Å². The molecule has 0 aliphatic carbocycles. The minimum Gasteiger partial charge on any atom is -0.356 e. The van der Waals surface area contributed by atoms with Crippen molar-refractivity contribution >= 4 is 20.8 Å². The van der Waals surface area contributed by atoms with E-state index in [0.29, 0.717) is 30.9 Å². The lowest BCUT2D eigenvalue weighted by Gasteiger charge is -2.10. The van der Waals surface area contributed by atoms with E-state index in [4.69, 9.17) is 5.53 Å². The number of carbonyl (C=O) groups excluding carboxylic acids is 2. The molecule has 0 spiro atoms. The Kier molecular flexibility index (Phi) is 19.1. The fourth-order valence-electron chi connectivity index (χ4n) is 1.97.